The molecule has 0 aliphatic heterocycles. The van der Waals surface area contributed by atoms with Crippen LogP contribution < -0.4 is 16.0 Å². The number of ether oxygens (including phenoxy) is 4. The van der Waals surface area contributed by atoms with Crippen LogP contribution in [0.1, 0.15) is 25.7 Å². The van der Waals surface area contributed by atoms with Gasteiger partial charge in [0.05, 0.1) is 124 Å². The van der Waals surface area contributed by atoms with E-state index in [1.807, 2.05) is 0 Å². The molecule has 0 aromatic heterocycles. The summed E-state index contributed by atoms with van der Waals surface area (Å²) in [5.41, 5.74) is -6.22. The molecule has 0 saturated heterocycles. The van der Waals surface area contributed by atoms with Gasteiger partial charge in [-0.05, 0) is 0 Å². The highest BCUT2D eigenvalue weighted by Crippen LogP contribution is 2.22. The van der Waals surface area contributed by atoms with Gasteiger partial charge in [0.2, 0.25) is 17.7 Å². The highest BCUT2D eigenvalue weighted by Gasteiger charge is 2.35. The van der Waals surface area contributed by atoms with Crippen molar-refractivity contribution in [2.75, 3.05) is 112 Å². The van der Waals surface area contributed by atoms with E-state index in [1.165, 1.54) is 0 Å². The lowest BCUT2D eigenvalue weighted by molar-refractivity contribution is -0.140. The summed E-state index contributed by atoms with van der Waals surface area (Å²) in [5.74, 6) is -3.17. The molecular formula is C29H55N3O18. The van der Waals surface area contributed by atoms with Crippen LogP contribution in [0.15, 0.2) is 0 Å². The quantitative estimate of drug-likeness (QED) is 0.0286. The third kappa shape index (κ3) is 17.5. The van der Waals surface area contributed by atoms with Crippen molar-refractivity contribution in [2.24, 2.45) is 5.41 Å². The molecule has 0 aliphatic carbocycles. The minimum atomic E-state index is -1.66. The molecule has 13 N–H and O–H groups in total. The van der Waals surface area contributed by atoms with Crippen LogP contribution in [0.25, 0.3) is 0 Å². The average molecular weight is 734 g/mol. The molecule has 0 spiro atoms. The third-order valence-corrected chi connectivity index (χ3v) is 7.45. The molecule has 0 heterocycles. The van der Waals surface area contributed by atoms with Gasteiger partial charge in [0.1, 0.15) is 16.6 Å². The zero-order valence-electron chi connectivity index (χ0n) is 28.1. The first kappa shape index (κ1) is 47.4. The van der Waals surface area contributed by atoms with Gasteiger partial charge in [-0.25, -0.2) is 0 Å². The Morgan fingerprint density at radius 2 is 0.620 bits per heavy atom. The van der Waals surface area contributed by atoms with Crippen LogP contribution in [0.3, 0.4) is 0 Å². The van der Waals surface area contributed by atoms with Crippen LogP contribution in [0.2, 0.25) is 0 Å². The Kier molecular flexibility index (Phi) is 24.0. The smallest absolute Gasteiger partial charge is 0.305 e. The maximum absolute atomic E-state index is 12.4. The summed E-state index contributed by atoms with van der Waals surface area (Å²) in [5, 5.41) is 101. The summed E-state index contributed by atoms with van der Waals surface area (Å²) in [6.07, 6.45) is -1.22. The average Bonchev–Trinajstić information content (AvgIpc) is 3.12. The number of aliphatic hydroxyl groups excluding tert-OH is 9. The van der Waals surface area contributed by atoms with Crippen molar-refractivity contribution in [2.45, 2.75) is 42.3 Å². The van der Waals surface area contributed by atoms with Gasteiger partial charge < -0.3 is 86.0 Å². The maximum Gasteiger partial charge on any atom is 0.305 e. The van der Waals surface area contributed by atoms with Crippen molar-refractivity contribution in [3.8, 4) is 0 Å². The first-order valence-corrected chi connectivity index (χ1v) is 15.7. The molecule has 0 fully saturated rings. The number of hydrogen-bond donors (Lipinski definition) is 13. The highest BCUT2D eigenvalue weighted by molar-refractivity contribution is 5.77. The number of carboxylic acid groups (broad SMARTS) is 1. The Balaban J connectivity index is 5.74. The van der Waals surface area contributed by atoms with Crippen molar-refractivity contribution >= 4 is 23.7 Å². The van der Waals surface area contributed by atoms with Crippen LogP contribution in [0.4, 0.5) is 0 Å². The van der Waals surface area contributed by atoms with Gasteiger partial charge in [-0.15, -0.1) is 0 Å². The van der Waals surface area contributed by atoms with E-state index < -0.39 is 105 Å². The van der Waals surface area contributed by atoms with E-state index in [9.17, 15) is 65.1 Å². The molecule has 0 atom stereocenters. The minimum Gasteiger partial charge on any atom is -0.481 e. The number of carboxylic acids is 1. The predicted molar refractivity (Wildman–Crippen MR) is 168 cm³/mol. The number of nitrogens with one attached hydrogen (secondary N) is 3. The molecule has 0 aromatic rings. The van der Waals surface area contributed by atoms with Crippen LogP contribution in [0, 0.1) is 5.41 Å². The normalized spacial score (nSPS) is 12.5. The third-order valence-electron chi connectivity index (χ3n) is 7.45. The summed E-state index contributed by atoms with van der Waals surface area (Å²) in [4.78, 5) is 48.2. The fourth-order valence-corrected chi connectivity index (χ4v) is 3.94. The lowest BCUT2D eigenvalue weighted by Gasteiger charge is -2.33. The van der Waals surface area contributed by atoms with Gasteiger partial charge in [0.15, 0.2) is 0 Å². The van der Waals surface area contributed by atoms with E-state index in [1.54, 1.807) is 0 Å². The van der Waals surface area contributed by atoms with Gasteiger partial charge in [0.25, 0.3) is 0 Å². The molecule has 3 amide bonds. The van der Waals surface area contributed by atoms with E-state index in [4.69, 9.17) is 24.1 Å². The van der Waals surface area contributed by atoms with E-state index in [0.29, 0.717) is 0 Å². The Morgan fingerprint density at radius 3 is 0.820 bits per heavy atom. The molecular weight excluding hydrogens is 678 g/mol. The number of aliphatic hydroxyl groups is 9. The standard InChI is InChI=1S/C29H55N3O18/c33-9-27(10-34,11-35)30-22(42)1-5-47-18-26(21-50-8-4-25(45)46,19-48-6-2-23(43)31-28(12-36,13-37)14-38)20-49-7-3-24(44)32-29(15-39,16-40)17-41/h33-41H,1-21H2,(H,30,42)(H,31,43)(H,32,44)(H,45,46). The Hall–Kier alpha value is -2.64. The molecule has 294 valence electrons. The van der Waals surface area contributed by atoms with Crippen LogP contribution in [-0.2, 0) is 38.1 Å². The molecule has 21 heteroatoms. The van der Waals surface area contributed by atoms with E-state index in [0.717, 1.165) is 0 Å². The summed E-state index contributed by atoms with van der Waals surface area (Å²) in [7, 11) is 0. The fraction of sp³-hybridized carbons (Fsp3) is 0.862. The zero-order valence-corrected chi connectivity index (χ0v) is 28.1. The van der Waals surface area contributed by atoms with E-state index in [-0.39, 0.29) is 78.5 Å². The SMILES string of the molecule is O=C(O)CCOCC(COCCC(=O)NC(CO)(CO)CO)(COCCC(=O)NC(CO)(CO)CO)COCCC(=O)NC(CO)(CO)CO. The lowest BCUT2D eigenvalue weighted by atomic mass is 9.92. The second-order valence-corrected chi connectivity index (χ2v) is 12.0. The monoisotopic (exact) mass is 733 g/mol. The van der Waals surface area contributed by atoms with Crippen molar-refractivity contribution < 1.29 is 89.2 Å². The Morgan fingerprint density at radius 1 is 0.400 bits per heavy atom. The molecule has 0 bridgehead atoms. The highest BCUT2D eigenvalue weighted by atomic mass is 16.5. The summed E-state index contributed by atoms with van der Waals surface area (Å²) >= 11 is 0. The molecule has 0 saturated carbocycles. The number of hydrogen-bond acceptors (Lipinski definition) is 17. The summed E-state index contributed by atoms with van der Waals surface area (Å²) in [6, 6.07) is 0. The van der Waals surface area contributed by atoms with E-state index >= 15 is 0 Å². The first-order valence-electron chi connectivity index (χ1n) is 15.7. The fourth-order valence-electron chi connectivity index (χ4n) is 3.94. The molecule has 50 heavy (non-hydrogen) atoms. The number of carbonyl (C=O) groups excluding carboxylic acids is 3. The van der Waals surface area contributed by atoms with Gasteiger partial charge in [-0.1, -0.05) is 0 Å². The molecule has 0 unspecified atom stereocenters. The molecule has 0 aromatic carbocycles. The minimum absolute atomic E-state index is 0.229. The van der Waals surface area contributed by atoms with Crippen molar-refractivity contribution in [1.82, 2.24) is 16.0 Å². The van der Waals surface area contributed by atoms with Crippen LogP contribution >= 0.6 is 0 Å². The largest absolute Gasteiger partial charge is 0.481 e. The molecule has 0 rings (SSSR count). The number of carbonyl (C=O) groups is 4. The lowest BCUT2D eigenvalue weighted by Crippen LogP contribution is -2.57. The summed E-state index contributed by atoms with van der Waals surface area (Å²) < 4.78 is 22.7. The number of rotatable bonds is 32. The molecule has 0 radical (unpaired) electrons. The van der Waals surface area contributed by atoms with Crippen LogP contribution in [-0.4, -0.2) is 204 Å². The second-order valence-electron chi connectivity index (χ2n) is 12.0. The zero-order chi connectivity index (χ0) is 38.1. The Labute approximate surface area is 289 Å². The van der Waals surface area contributed by atoms with Gasteiger partial charge >= 0.3 is 5.97 Å². The number of aliphatic carboxylic acids is 1. The second kappa shape index (κ2) is 25.3. The Bertz CT molecular complexity index is 848. The van der Waals surface area contributed by atoms with E-state index in [2.05, 4.69) is 16.0 Å². The van der Waals surface area contributed by atoms with Crippen LogP contribution in [0.5, 0.6) is 0 Å². The predicted octanol–water partition coefficient (Wildman–Crippen LogP) is -6.82. The topological polar surface area (TPSA) is 344 Å². The van der Waals surface area contributed by atoms with Crippen molar-refractivity contribution in [3.63, 3.8) is 0 Å². The maximum atomic E-state index is 12.4. The van der Waals surface area contributed by atoms with Gasteiger partial charge in [0, 0.05) is 19.3 Å². The molecule has 0 aliphatic rings. The first-order chi connectivity index (χ1) is 23.8. The van der Waals surface area contributed by atoms with Crippen molar-refractivity contribution in [3.05, 3.63) is 0 Å². The van der Waals surface area contributed by atoms with Gasteiger partial charge in [-0.3, -0.25) is 19.2 Å². The van der Waals surface area contributed by atoms with Gasteiger partial charge in [-0.2, -0.15) is 0 Å². The number of amides is 3. The summed E-state index contributed by atoms with van der Waals surface area (Å²) in [6.45, 7) is -8.57. The molecule has 21 nitrogen and oxygen atoms in total. The van der Waals surface area contributed by atoms with Crippen molar-refractivity contribution in [1.29, 1.82) is 0 Å².